The van der Waals surface area contributed by atoms with Crippen LogP contribution in [0.15, 0.2) is 23.0 Å². The Kier molecular flexibility index (Phi) is 5.30. The van der Waals surface area contributed by atoms with Gasteiger partial charge < -0.3 is 14.2 Å². The van der Waals surface area contributed by atoms with E-state index in [1.165, 1.54) is 0 Å². The highest BCUT2D eigenvalue weighted by Crippen LogP contribution is 2.17. The van der Waals surface area contributed by atoms with Gasteiger partial charge in [0.15, 0.2) is 11.6 Å². The van der Waals surface area contributed by atoms with Crippen LogP contribution in [-0.4, -0.2) is 52.8 Å². The molecule has 1 fully saturated rings. The highest BCUT2D eigenvalue weighted by Gasteiger charge is 2.20. The van der Waals surface area contributed by atoms with Crippen LogP contribution < -0.4 is 9.64 Å². The highest BCUT2D eigenvalue weighted by molar-refractivity contribution is 5.38. The SMILES string of the molecule is Cc1cc(CN2CCN(c3cncc(OCC(C)C)n3)CC2)on1. The molecule has 1 aliphatic rings. The van der Waals surface area contributed by atoms with Crippen LogP contribution in [0.1, 0.15) is 25.3 Å². The predicted molar refractivity (Wildman–Crippen MR) is 91.1 cm³/mol. The number of piperazine rings is 1. The standard InChI is InChI=1S/C17H25N5O2/c1-13(2)12-23-17-10-18-9-16(19-17)22-6-4-21(5-7-22)11-15-8-14(3)20-24-15/h8-10,13H,4-7,11-12H2,1-3H3. The minimum Gasteiger partial charge on any atom is -0.476 e. The molecule has 0 radical (unpaired) electrons. The normalized spacial score (nSPS) is 15.9. The molecule has 0 amide bonds. The number of hydrogen-bond acceptors (Lipinski definition) is 7. The van der Waals surface area contributed by atoms with Crippen LogP contribution in [-0.2, 0) is 6.54 Å². The van der Waals surface area contributed by atoms with Gasteiger partial charge in [0.05, 0.1) is 31.2 Å². The van der Waals surface area contributed by atoms with E-state index in [1.807, 2.05) is 13.0 Å². The Bertz CT molecular complexity index is 650. The summed E-state index contributed by atoms with van der Waals surface area (Å²) < 4.78 is 11.0. The average Bonchev–Trinajstić information content (AvgIpc) is 2.99. The zero-order valence-corrected chi connectivity index (χ0v) is 14.6. The summed E-state index contributed by atoms with van der Waals surface area (Å²) in [4.78, 5) is 13.4. The van der Waals surface area contributed by atoms with Gasteiger partial charge in [-0.15, -0.1) is 0 Å². The molecule has 0 atom stereocenters. The maximum atomic E-state index is 5.67. The number of aromatic nitrogens is 3. The Labute approximate surface area is 142 Å². The molecule has 2 aromatic heterocycles. The van der Waals surface area contributed by atoms with E-state index in [0.29, 0.717) is 18.4 Å². The molecule has 2 aromatic rings. The van der Waals surface area contributed by atoms with Crippen LogP contribution in [0.5, 0.6) is 5.88 Å². The molecule has 1 aliphatic heterocycles. The second-order valence-electron chi connectivity index (χ2n) is 6.62. The van der Waals surface area contributed by atoms with Gasteiger partial charge in [0, 0.05) is 32.2 Å². The Morgan fingerprint density at radius 3 is 2.67 bits per heavy atom. The highest BCUT2D eigenvalue weighted by atomic mass is 16.5. The lowest BCUT2D eigenvalue weighted by Gasteiger charge is -2.34. The predicted octanol–water partition coefficient (Wildman–Crippen LogP) is 2.13. The Balaban J connectivity index is 1.53. The largest absolute Gasteiger partial charge is 0.476 e. The molecular weight excluding hydrogens is 306 g/mol. The van der Waals surface area contributed by atoms with Crippen molar-refractivity contribution in [1.82, 2.24) is 20.0 Å². The van der Waals surface area contributed by atoms with Crippen molar-refractivity contribution in [1.29, 1.82) is 0 Å². The molecule has 3 heterocycles. The molecule has 0 saturated carbocycles. The smallest absolute Gasteiger partial charge is 0.234 e. The van der Waals surface area contributed by atoms with E-state index < -0.39 is 0 Å². The first kappa shape index (κ1) is 16.7. The number of nitrogens with zero attached hydrogens (tertiary/aromatic N) is 5. The molecule has 7 nitrogen and oxygen atoms in total. The Morgan fingerprint density at radius 2 is 2.00 bits per heavy atom. The number of rotatable bonds is 6. The fraction of sp³-hybridized carbons (Fsp3) is 0.588. The van der Waals surface area contributed by atoms with Gasteiger partial charge in [-0.05, 0) is 12.8 Å². The summed E-state index contributed by atoms with van der Waals surface area (Å²) in [6.45, 7) is 11.4. The van der Waals surface area contributed by atoms with Crippen LogP contribution in [0, 0.1) is 12.8 Å². The number of aryl methyl sites for hydroxylation is 1. The van der Waals surface area contributed by atoms with Crippen LogP contribution in [0.25, 0.3) is 0 Å². The van der Waals surface area contributed by atoms with Crippen molar-refractivity contribution >= 4 is 5.82 Å². The first-order chi connectivity index (χ1) is 11.6. The van der Waals surface area contributed by atoms with Gasteiger partial charge in [-0.2, -0.15) is 4.98 Å². The van der Waals surface area contributed by atoms with Gasteiger partial charge in [-0.3, -0.25) is 9.88 Å². The van der Waals surface area contributed by atoms with E-state index in [2.05, 4.69) is 38.8 Å². The molecule has 7 heteroatoms. The summed E-state index contributed by atoms with van der Waals surface area (Å²) in [5, 5.41) is 3.94. The monoisotopic (exact) mass is 331 g/mol. The van der Waals surface area contributed by atoms with Crippen molar-refractivity contribution < 1.29 is 9.26 Å². The van der Waals surface area contributed by atoms with Crippen molar-refractivity contribution in [3.05, 3.63) is 29.9 Å². The molecule has 24 heavy (non-hydrogen) atoms. The van der Waals surface area contributed by atoms with Crippen molar-refractivity contribution in [3.8, 4) is 5.88 Å². The zero-order chi connectivity index (χ0) is 16.9. The van der Waals surface area contributed by atoms with Crippen molar-refractivity contribution in [2.24, 2.45) is 5.92 Å². The summed E-state index contributed by atoms with van der Waals surface area (Å²) in [6.07, 6.45) is 3.48. The maximum Gasteiger partial charge on any atom is 0.234 e. The first-order valence-electron chi connectivity index (χ1n) is 8.44. The second kappa shape index (κ2) is 7.61. The lowest BCUT2D eigenvalue weighted by atomic mass is 10.2. The molecule has 0 aliphatic carbocycles. The third-order valence-corrected chi connectivity index (χ3v) is 3.92. The average molecular weight is 331 g/mol. The molecule has 130 valence electrons. The first-order valence-corrected chi connectivity index (χ1v) is 8.44. The lowest BCUT2D eigenvalue weighted by molar-refractivity contribution is 0.218. The van der Waals surface area contributed by atoms with E-state index in [-0.39, 0.29) is 0 Å². The van der Waals surface area contributed by atoms with E-state index in [1.54, 1.807) is 12.4 Å². The molecule has 0 N–H and O–H groups in total. The molecule has 0 bridgehead atoms. The summed E-state index contributed by atoms with van der Waals surface area (Å²) in [5.74, 6) is 2.87. The minimum absolute atomic E-state index is 0.471. The Hall–Kier alpha value is -2.15. The summed E-state index contributed by atoms with van der Waals surface area (Å²) in [6, 6.07) is 1.99. The maximum absolute atomic E-state index is 5.67. The number of anilines is 1. The van der Waals surface area contributed by atoms with Gasteiger partial charge in [-0.1, -0.05) is 19.0 Å². The van der Waals surface area contributed by atoms with E-state index in [9.17, 15) is 0 Å². The van der Waals surface area contributed by atoms with Gasteiger partial charge in [-0.25, -0.2) is 0 Å². The third kappa shape index (κ3) is 4.44. The molecule has 0 unspecified atom stereocenters. The Morgan fingerprint density at radius 1 is 1.21 bits per heavy atom. The fourth-order valence-corrected chi connectivity index (χ4v) is 2.66. The van der Waals surface area contributed by atoms with Crippen LogP contribution in [0.2, 0.25) is 0 Å². The number of ether oxygens (including phenoxy) is 1. The summed E-state index contributed by atoms with van der Waals surface area (Å²) in [7, 11) is 0. The molecule has 0 aromatic carbocycles. The van der Waals surface area contributed by atoms with E-state index in [4.69, 9.17) is 9.26 Å². The van der Waals surface area contributed by atoms with E-state index >= 15 is 0 Å². The molecule has 0 spiro atoms. The van der Waals surface area contributed by atoms with Crippen LogP contribution in [0.4, 0.5) is 5.82 Å². The van der Waals surface area contributed by atoms with Gasteiger partial charge in [0.2, 0.25) is 5.88 Å². The van der Waals surface area contributed by atoms with Crippen molar-refractivity contribution in [3.63, 3.8) is 0 Å². The zero-order valence-electron chi connectivity index (χ0n) is 14.6. The van der Waals surface area contributed by atoms with Crippen molar-refractivity contribution in [2.45, 2.75) is 27.3 Å². The van der Waals surface area contributed by atoms with E-state index in [0.717, 1.165) is 50.0 Å². The third-order valence-electron chi connectivity index (χ3n) is 3.92. The van der Waals surface area contributed by atoms with Crippen LogP contribution in [0.3, 0.4) is 0 Å². The fourth-order valence-electron chi connectivity index (χ4n) is 2.66. The quantitative estimate of drug-likeness (QED) is 0.803. The topological polar surface area (TPSA) is 67.5 Å². The van der Waals surface area contributed by atoms with Gasteiger partial charge in [0.1, 0.15) is 0 Å². The van der Waals surface area contributed by atoms with Crippen molar-refractivity contribution in [2.75, 3.05) is 37.7 Å². The summed E-state index contributed by atoms with van der Waals surface area (Å²) >= 11 is 0. The molecule has 1 saturated heterocycles. The lowest BCUT2D eigenvalue weighted by Crippen LogP contribution is -2.46. The minimum atomic E-state index is 0.471. The van der Waals surface area contributed by atoms with Gasteiger partial charge in [0.25, 0.3) is 0 Å². The van der Waals surface area contributed by atoms with Crippen LogP contribution >= 0.6 is 0 Å². The molecule has 3 rings (SSSR count). The van der Waals surface area contributed by atoms with Gasteiger partial charge >= 0.3 is 0 Å². The molecular formula is C17H25N5O2. The second-order valence-corrected chi connectivity index (χ2v) is 6.62. The summed E-state index contributed by atoms with van der Waals surface area (Å²) in [5.41, 5.74) is 0.928. The number of hydrogen-bond donors (Lipinski definition) is 0.